The zero-order valence-corrected chi connectivity index (χ0v) is 12.4. The van der Waals surface area contributed by atoms with Crippen LogP contribution in [0.3, 0.4) is 0 Å². The fraction of sp³-hybridized carbons (Fsp3) is 0.500. The summed E-state index contributed by atoms with van der Waals surface area (Å²) in [5.41, 5.74) is 3.01. The van der Waals surface area contributed by atoms with Crippen LogP contribution in [0.5, 0.6) is 0 Å². The minimum atomic E-state index is 0.392. The fourth-order valence-corrected chi connectivity index (χ4v) is 3.02. The average Bonchev–Trinajstić information content (AvgIpc) is 2.43. The maximum absolute atomic E-state index is 6.08. The van der Waals surface area contributed by atoms with Gasteiger partial charge in [-0.3, -0.25) is 0 Å². The van der Waals surface area contributed by atoms with Crippen LogP contribution in [0.1, 0.15) is 24.2 Å². The van der Waals surface area contributed by atoms with E-state index >= 15 is 0 Å². The number of rotatable bonds is 4. The number of aryl methyl sites for hydroxylation is 1. The molecule has 3 rings (SSSR count). The molecule has 0 saturated carbocycles. The van der Waals surface area contributed by atoms with E-state index in [4.69, 9.17) is 16.3 Å². The lowest BCUT2D eigenvalue weighted by Gasteiger charge is -2.33. The van der Waals surface area contributed by atoms with Crippen molar-refractivity contribution in [2.24, 2.45) is 11.8 Å². The number of halogens is 1. The Morgan fingerprint density at radius 1 is 1.30 bits per heavy atom. The molecule has 20 heavy (non-hydrogen) atoms. The summed E-state index contributed by atoms with van der Waals surface area (Å²) in [5, 5.41) is 8.40. The van der Waals surface area contributed by atoms with Gasteiger partial charge in [-0.15, -0.1) is 11.6 Å². The van der Waals surface area contributed by atoms with Gasteiger partial charge < -0.3 is 4.74 Å². The number of hydrogen-bond acceptors (Lipinski definition) is 3. The van der Waals surface area contributed by atoms with Gasteiger partial charge in [0.05, 0.1) is 17.5 Å². The third kappa shape index (κ3) is 2.94. The van der Waals surface area contributed by atoms with E-state index in [1.54, 1.807) is 0 Å². The smallest absolute Gasteiger partial charge is 0.0926 e. The van der Waals surface area contributed by atoms with Crippen molar-refractivity contribution < 1.29 is 4.74 Å². The Bertz CT molecular complexity index is 520. The highest BCUT2D eigenvalue weighted by atomic mass is 35.5. The maximum atomic E-state index is 6.08. The Kier molecular flexibility index (Phi) is 4.18. The van der Waals surface area contributed by atoms with Gasteiger partial charge in [0.15, 0.2) is 0 Å². The van der Waals surface area contributed by atoms with Gasteiger partial charge in [-0.25, -0.2) is 0 Å². The summed E-state index contributed by atoms with van der Waals surface area (Å²) in [6.45, 7) is 2.85. The fourth-order valence-electron chi connectivity index (χ4n) is 2.69. The summed E-state index contributed by atoms with van der Waals surface area (Å²) >= 11 is 6.08. The van der Waals surface area contributed by atoms with Crippen molar-refractivity contribution in [3.63, 3.8) is 0 Å². The van der Waals surface area contributed by atoms with Gasteiger partial charge in [0.2, 0.25) is 0 Å². The number of allylic oxidation sites excluding steroid dienone is 4. The average molecular weight is 291 g/mol. The van der Waals surface area contributed by atoms with Crippen LogP contribution < -0.4 is 0 Å². The molecule has 3 nitrogen and oxygen atoms in total. The first-order valence-corrected chi connectivity index (χ1v) is 7.68. The molecule has 1 aromatic rings. The van der Waals surface area contributed by atoms with E-state index in [0.717, 1.165) is 30.0 Å². The van der Waals surface area contributed by atoms with E-state index in [9.17, 15) is 0 Å². The van der Waals surface area contributed by atoms with E-state index in [1.165, 1.54) is 6.42 Å². The number of hydrogen-bond donors (Lipinski definition) is 0. The van der Waals surface area contributed by atoms with E-state index in [1.807, 2.05) is 19.1 Å². The molecule has 1 aliphatic heterocycles. The van der Waals surface area contributed by atoms with Gasteiger partial charge in [-0.05, 0) is 49.3 Å². The zero-order chi connectivity index (χ0) is 13.9. The maximum Gasteiger partial charge on any atom is 0.0926 e. The summed E-state index contributed by atoms with van der Waals surface area (Å²) in [6.07, 6.45) is 9.22. The molecule has 3 atom stereocenters. The predicted octanol–water partition coefficient (Wildman–Crippen LogP) is 3.39. The summed E-state index contributed by atoms with van der Waals surface area (Å²) in [5.74, 6) is 1.47. The third-order valence-electron chi connectivity index (χ3n) is 4.07. The van der Waals surface area contributed by atoms with Gasteiger partial charge in [-0.1, -0.05) is 18.2 Å². The molecular weight excluding hydrogens is 272 g/mol. The number of alkyl halides is 1. The molecule has 1 fully saturated rings. The van der Waals surface area contributed by atoms with Crippen LogP contribution in [0.4, 0.5) is 0 Å². The summed E-state index contributed by atoms with van der Waals surface area (Å²) in [7, 11) is 0. The van der Waals surface area contributed by atoms with E-state index in [2.05, 4.69) is 28.4 Å². The monoisotopic (exact) mass is 290 g/mol. The summed E-state index contributed by atoms with van der Waals surface area (Å²) in [6, 6.07) is 4.02. The summed E-state index contributed by atoms with van der Waals surface area (Å²) < 4.78 is 5.56. The van der Waals surface area contributed by atoms with Crippen molar-refractivity contribution in [2.75, 3.05) is 12.5 Å². The highest BCUT2D eigenvalue weighted by Gasteiger charge is 2.27. The quantitative estimate of drug-likeness (QED) is 0.797. The van der Waals surface area contributed by atoms with Crippen molar-refractivity contribution in [1.82, 2.24) is 10.2 Å². The minimum absolute atomic E-state index is 0.392. The zero-order valence-electron chi connectivity index (χ0n) is 11.6. The molecule has 4 heteroatoms. The number of ether oxygens (including phenoxy) is 1. The first-order chi connectivity index (χ1) is 9.76. The topological polar surface area (TPSA) is 35.0 Å². The standard InChI is InChI=1S/C16H19ClN2O/c1-11-2-5-16(19-18-11)12-3-4-13(10-17)14(8-12)9-15-6-7-20-15/h2-5,8,13-15H,6-7,9-10H2,1H3/t13?,14-,15?/m1/s1. The van der Waals surface area contributed by atoms with Gasteiger partial charge >= 0.3 is 0 Å². The number of aromatic nitrogens is 2. The SMILES string of the molecule is Cc1ccc(C2=C[C@H](CC3CCO3)C(CCl)C=C2)nn1. The van der Waals surface area contributed by atoms with Crippen LogP contribution in [-0.2, 0) is 4.74 Å². The van der Waals surface area contributed by atoms with Crippen LogP contribution in [0.15, 0.2) is 30.4 Å². The Morgan fingerprint density at radius 2 is 2.15 bits per heavy atom. The Hall–Kier alpha value is -1.19. The van der Waals surface area contributed by atoms with Crippen LogP contribution in [-0.4, -0.2) is 28.8 Å². The lowest BCUT2D eigenvalue weighted by molar-refractivity contribution is -0.0617. The molecule has 0 N–H and O–H groups in total. The second kappa shape index (κ2) is 6.06. The lowest BCUT2D eigenvalue weighted by Crippen LogP contribution is -2.31. The molecule has 2 heterocycles. The number of nitrogens with zero attached hydrogens (tertiary/aromatic N) is 2. The largest absolute Gasteiger partial charge is 0.378 e. The van der Waals surface area contributed by atoms with Gasteiger partial charge in [0.25, 0.3) is 0 Å². The molecule has 0 amide bonds. The van der Waals surface area contributed by atoms with Crippen LogP contribution in [0.25, 0.3) is 5.57 Å². The van der Waals surface area contributed by atoms with Gasteiger partial charge in [-0.2, -0.15) is 10.2 Å². The third-order valence-corrected chi connectivity index (χ3v) is 4.42. The van der Waals surface area contributed by atoms with Crippen LogP contribution >= 0.6 is 11.6 Å². The van der Waals surface area contributed by atoms with Crippen molar-refractivity contribution in [3.05, 3.63) is 41.7 Å². The first kappa shape index (κ1) is 13.8. The van der Waals surface area contributed by atoms with Crippen molar-refractivity contribution in [2.45, 2.75) is 25.9 Å². The van der Waals surface area contributed by atoms with Gasteiger partial charge in [0.1, 0.15) is 0 Å². The molecule has 1 aromatic heterocycles. The highest BCUT2D eigenvalue weighted by molar-refractivity contribution is 6.18. The molecule has 1 aliphatic carbocycles. The minimum Gasteiger partial charge on any atom is -0.378 e. The molecule has 0 spiro atoms. The highest BCUT2D eigenvalue weighted by Crippen LogP contribution is 2.33. The first-order valence-electron chi connectivity index (χ1n) is 7.14. The molecule has 2 aliphatic rings. The van der Waals surface area contributed by atoms with Gasteiger partial charge in [0, 0.05) is 12.5 Å². The van der Waals surface area contributed by atoms with Crippen LogP contribution in [0, 0.1) is 18.8 Å². The second-order valence-electron chi connectivity index (χ2n) is 5.54. The lowest BCUT2D eigenvalue weighted by atomic mass is 9.81. The van der Waals surface area contributed by atoms with E-state index < -0.39 is 0 Å². The Labute approximate surface area is 124 Å². The van der Waals surface area contributed by atoms with E-state index in [0.29, 0.717) is 23.8 Å². The molecule has 0 radical (unpaired) electrons. The normalized spacial score (nSPS) is 28.9. The predicted molar refractivity (Wildman–Crippen MR) is 80.6 cm³/mol. The van der Waals surface area contributed by atoms with Crippen LogP contribution in [0.2, 0.25) is 0 Å². The summed E-state index contributed by atoms with van der Waals surface area (Å²) in [4.78, 5) is 0. The molecule has 2 unspecified atom stereocenters. The molecular formula is C16H19ClN2O. The van der Waals surface area contributed by atoms with E-state index in [-0.39, 0.29) is 0 Å². The van der Waals surface area contributed by atoms with Crippen molar-refractivity contribution in [1.29, 1.82) is 0 Å². The molecule has 0 bridgehead atoms. The molecule has 1 saturated heterocycles. The Morgan fingerprint density at radius 3 is 2.75 bits per heavy atom. The Balaban J connectivity index is 1.79. The molecule has 106 valence electrons. The van der Waals surface area contributed by atoms with Crippen molar-refractivity contribution >= 4 is 17.2 Å². The van der Waals surface area contributed by atoms with Crippen molar-refractivity contribution in [3.8, 4) is 0 Å². The molecule has 0 aromatic carbocycles. The second-order valence-corrected chi connectivity index (χ2v) is 5.85.